The number of hydrogen-bond donors (Lipinski definition) is 1. The van der Waals surface area contributed by atoms with Crippen LogP contribution in [0.25, 0.3) is 0 Å². The molecular formula is C18H31N5O2. The Kier molecular flexibility index (Phi) is 5.74. The number of amides is 1. The Morgan fingerprint density at radius 1 is 1.36 bits per heavy atom. The minimum absolute atomic E-state index is 0.111. The van der Waals surface area contributed by atoms with Gasteiger partial charge in [-0.2, -0.15) is 0 Å². The predicted molar refractivity (Wildman–Crippen MR) is 95.3 cm³/mol. The van der Waals surface area contributed by atoms with E-state index in [1.807, 2.05) is 0 Å². The van der Waals surface area contributed by atoms with Crippen molar-refractivity contribution in [1.82, 2.24) is 25.2 Å². The molecule has 0 spiro atoms. The molecule has 1 N–H and O–H groups in total. The molecule has 0 saturated carbocycles. The number of aromatic nitrogens is 3. The average Bonchev–Trinajstić information content (AvgIpc) is 3.20. The largest absolute Gasteiger partial charge is 0.380 e. The van der Waals surface area contributed by atoms with E-state index in [9.17, 15) is 4.79 Å². The third-order valence-electron chi connectivity index (χ3n) is 5.11. The maximum absolute atomic E-state index is 12.4. The van der Waals surface area contributed by atoms with Crippen LogP contribution in [0.5, 0.6) is 0 Å². The lowest BCUT2D eigenvalue weighted by Gasteiger charge is -2.37. The minimum atomic E-state index is -0.130. The summed E-state index contributed by atoms with van der Waals surface area (Å²) in [5, 5.41) is 11.2. The molecule has 7 heteroatoms. The number of hydrogen-bond acceptors (Lipinski definition) is 5. The van der Waals surface area contributed by atoms with E-state index in [0.29, 0.717) is 24.2 Å². The second-order valence-corrected chi connectivity index (χ2v) is 8.34. The van der Waals surface area contributed by atoms with Crippen molar-refractivity contribution in [3.63, 3.8) is 0 Å². The zero-order chi connectivity index (χ0) is 17.9. The maximum Gasteiger partial charge on any atom is 0.273 e. The van der Waals surface area contributed by atoms with Crippen LogP contribution in [0.3, 0.4) is 0 Å². The lowest BCUT2D eigenvalue weighted by atomic mass is 9.89. The number of ether oxygens (including phenoxy) is 1. The highest BCUT2D eigenvalue weighted by Gasteiger charge is 2.34. The first-order valence-electron chi connectivity index (χ1n) is 9.45. The van der Waals surface area contributed by atoms with Crippen molar-refractivity contribution in [1.29, 1.82) is 0 Å². The van der Waals surface area contributed by atoms with Crippen molar-refractivity contribution >= 4 is 5.91 Å². The van der Waals surface area contributed by atoms with E-state index in [-0.39, 0.29) is 11.3 Å². The van der Waals surface area contributed by atoms with E-state index >= 15 is 0 Å². The van der Waals surface area contributed by atoms with Crippen LogP contribution in [0.2, 0.25) is 0 Å². The van der Waals surface area contributed by atoms with Gasteiger partial charge in [-0.1, -0.05) is 26.0 Å². The van der Waals surface area contributed by atoms with E-state index in [1.165, 1.54) is 12.8 Å². The number of nitrogens with zero attached hydrogens (tertiary/aromatic N) is 4. The highest BCUT2D eigenvalue weighted by molar-refractivity contribution is 5.91. The second-order valence-electron chi connectivity index (χ2n) is 8.34. The van der Waals surface area contributed by atoms with Gasteiger partial charge in [0.2, 0.25) is 0 Å². The highest BCUT2D eigenvalue weighted by Crippen LogP contribution is 2.28. The molecule has 25 heavy (non-hydrogen) atoms. The first kappa shape index (κ1) is 18.3. The van der Waals surface area contributed by atoms with Crippen LogP contribution in [0.1, 0.15) is 50.5 Å². The third kappa shape index (κ3) is 4.79. The van der Waals surface area contributed by atoms with Crippen LogP contribution in [-0.4, -0.2) is 64.7 Å². The zero-order valence-electron chi connectivity index (χ0n) is 15.7. The van der Waals surface area contributed by atoms with Gasteiger partial charge >= 0.3 is 0 Å². The summed E-state index contributed by atoms with van der Waals surface area (Å²) in [5.74, 6) is 0.489. The van der Waals surface area contributed by atoms with Crippen molar-refractivity contribution < 1.29 is 9.53 Å². The van der Waals surface area contributed by atoms with E-state index in [4.69, 9.17) is 4.74 Å². The summed E-state index contributed by atoms with van der Waals surface area (Å²) in [7, 11) is 0. The molecule has 2 aliphatic rings. The number of rotatable bonds is 8. The lowest BCUT2D eigenvalue weighted by Crippen LogP contribution is -2.43. The fourth-order valence-corrected chi connectivity index (χ4v) is 3.73. The minimum Gasteiger partial charge on any atom is -0.380 e. The van der Waals surface area contributed by atoms with Gasteiger partial charge in [0.05, 0.1) is 26.0 Å². The average molecular weight is 349 g/mol. The van der Waals surface area contributed by atoms with Crippen LogP contribution >= 0.6 is 0 Å². The first-order valence-corrected chi connectivity index (χ1v) is 9.45. The number of nitrogens with one attached hydrogen (secondary N) is 1. The Balaban J connectivity index is 1.52. The third-order valence-corrected chi connectivity index (χ3v) is 5.11. The molecule has 2 saturated heterocycles. The SMILES string of the molecule is CC(C)CC(CNC(=O)c1cn(CC2(C)COC2)nn1)N1CCCC1. The summed E-state index contributed by atoms with van der Waals surface area (Å²) >= 11 is 0. The molecule has 1 aromatic heterocycles. The van der Waals surface area contributed by atoms with Gasteiger partial charge in [-0.25, -0.2) is 0 Å². The van der Waals surface area contributed by atoms with Gasteiger partial charge in [0.1, 0.15) is 0 Å². The molecule has 140 valence electrons. The number of carbonyl (C=O) groups excluding carboxylic acids is 1. The van der Waals surface area contributed by atoms with Crippen LogP contribution in [0.15, 0.2) is 6.20 Å². The Morgan fingerprint density at radius 3 is 2.68 bits per heavy atom. The number of likely N-dealkylation sites (tertiary alicyclic amines) is 1. The predicted octanol–water partition coefficient (Wildman–Crippen LogP) is 1.55. The molecule has 0 bridgehead atoms. The second kappa shape index (κ2) is 7.83. The van der Waals surface area contributed by atoms with Crippen LogP contribution < -0.4 is 5.32 Å². The van der Waals surface area contributed by atoms with E-state index in [0.717, 1.165) is 39.3 Å². The summed E-state index contributed by atoms with van der Waals surface area (Å²) in [5.41, 5.74) is 0.507. The van der Waals surface area contributed by atoms with Gasteiger partial charge < -0.3 is 10.1 Å². The van der Waals surface area contributed by atoms with E-state index in [2.05, 4.69) is 41.3 Å². The molecular weight excluding hydrogens is 318 g/mol. The normalized spacial score (nSPS) is 21.3. The van der Waals surface area contributed by atoms with Gasteiger partial charge in [0.25, 0.3) is 5.91 Å². The van der Waals surface area contributed by atoms with E-state index < -0.39 is 0 Å². The molecule has 1 aromatic rings. The molecule has 7 nitrogen and oxygen atoms in total. The van der Waals surface area contributed by atoms with Crippen molar-refractivity contribution in [2.24, 2.45) is 11.3 Å². The van der Waals surface area contributed by atoms with Crippen LogP contribution in [-0.2, 0) is 11.3 Å². The highest BCUT2D eigenvalue weighted by atomic mass is 16.5. The van der Waals surface area contributed by atoms with Gasteiger partial charge in [0, 0.05) is 18.0 Å². The Bertz CT molecular complexity index is 576. The maximum atomic E-state index is 12.4. The molecule has 1 amide bonds. The first-order chi connectivity index (χ1) is 12.0. The Morgan fingerprint density at radius 2 is 2.08 bits per heavy atom. The standard InChI is InChI=1S/C18H31N5O2/c1-14(2)8-15(22-6-4-5-7-22)9-19-17(24)16-10-23(21-20-16)11-18(3)12-25-13-18/h10,14-15H,4-9,11-13H2,1-3H3,(H,19,24). The summed E-state index contributed by atoms with van der Waals surface area (Å²) in [6, 6.07) is 0.410. The molecule has 1 atom stereocenters. The fourth-order valence-electron chi connectivity index (χ4n) is 3.73. The van der Waals surface area contributed by atoms with Gasteiger partial charge in [-0.05, 0) is 38.3 Å². The van der Waals surface area contributed by atoms with Crippen molar-refractivity contribution in [2.45, 2.75) is 52.6 Å². The van der Waals surface area contributed by atoms with Crippen molar-refractivity contribution in [3.8, 4) is 0 Å². The molecule has 2 aliphatic heterocycles. The van der Waals surface area contributed by atoms with Gasteiger partial charge in [-0.15, -0.1) is 5.10 Å². The van der Waals surface area contributed by atoms with Crippen molar-refractivity contribution in [3.05, 3.63) is 11.9 Å². The monoisotopic (exact) mass is 349 g/mol. The van der Waals surface area contributed by atoms with E-state index in [1.54, 1.807) is 10.9 Å². The molecule has 0 aromatic carbocycles. The molecule has 3 heterocycles. The van der Waals surface area contributed by atoms with Crippen LogP contribution in [0, 0.1) is 11.3 Å². The Hall–Kier alpha value is -1.47. The summed E-state index contributed by atoms with van der Waals surface area (Å²) in [6.45, 7) is 11.8. The topological polar surface area (TPSA) is 72.3 Å². The summed E-state index contributed by atoms with van der Waals surface area (Å²) in [6.07, 6.45) is 5.37. The smallest absolute Gasteiger partial charge is 0.273 e. The summed E-state index contributed by atoms with van der Waals surface area (Å²) < 4.78 is 7.02. The van der Waals surface area contributed by atoms with Gasteiger partial charge in [-0.3, -0.25) is 14.4 Å². The van der Waals surface area contributed by atoms with Crippen molar-refractivity contribution in [2.75, 3.05) is 32.8 Å². The molecule has 0 aliphatic carbocycles. The van der Waals surface area contributed by atoms with Crippen LogP contribution in [0.4, 0.5) is 0 Å². The Labute approximate surface area is 150 Å². The summed E-state index contributed by atoms with van der Waals surface area (Å²) in [4.78, 5) is 15.0. The number of carbonyl (C=O) groups is 1. The lowest BCUT2D eigenvalue weighted by molar-refractivity contribution is -0.111. The fraction of sp³-hybridized carbons (Fsp3) is 0.833. The molecule has 2 fully saturated rings. The molecule has 0 radical (unpaired) electrons. The quantitative estimate of drug-likeness (QED) is 0.771. The zero-order valence-corrected chi connectivity index (χ0v) is 15.7. The molecule has 1 unspecified atom stereocenters. The molecule has 3 rings (SSSR count). The van der Waals surface area contributed by atoms with Gasteiger partial charge in [0.15, 0.2) is 5.69 Å².